The molecule has 2 atom stereocenters. The minimum absolute atomic E-state index is 0.0856. The topological polar surface area (TPSA) is 48.6 Å². The fraction of sp³-hybridized carbons (Fsp3) is 0.450. The quantitative estimate of drug-likeness (QED) is 0.910. The molecule has 5 rings (SSSR count). The first kappa shape index (κ1) is 15.2. The highest BCUT2D eigenvalue weighted by Gasteiger charge is 2.38. The summed E-state index contributed by atoms with van der Waals surface area (Å²) < 4.78 is 5.25. The number of hydrogen-bond acceptors (Lipinski definition) is 3. The Morgan fingerprint density at radius 3 is 2.96 bits per heavy atom. The Labute approximate surface area is 147 Å². The molecule has 25 heavy (non-hydrogen) atoms. The van der Waals surface area contributed by atoms with Gasteiger partial charge in [-0.25, -0.2) is 0 Å². The highest BCUT2D eigenvalue weighted by atomic mass is 16.5. The molecule has 0 spiro atoms. The summed E-state index contributed by atoms with van der Waals surface area (Å²) in [7, 11) is 4.05. The van der Waals surface area contributed by atoms with Gasteiger partial charge in [-0.2, -0.15) is 0 Å². The van der Waals surface area contributed by atoms with Gasteiger partial charge in [0.05, 0.1) is 25.2 Å². The van der Waals surface area contributed by atoms with Crippen LogP contribution in [0, 0.1) is 5.92 Å². The van der Waals surface area contributed by atoms with Gasteiger partial charge in [0.1, 0.15) is 0 Å². The Hall–Kier alpha value is -2.11. The number of H-pyrrole nitrogens is 1. The summed E-state index contributed by atoms with van der Waals surface area (Å²) in [6.45, 7) is 2.10. The van der Waals surface area contributed by atoms with Gasteiger partial charge in [-0.1, -0.05) is 18.2 Å². The van der Waals surface area contributed by atoms with Crippen molar-refractivity contribution in [2.75, 3.05) is 33.9 Å². The zero-order valence-corrected chi connectivity index (χ0v) is 14.7. The maximum absolute atomic E-state index is 13.0. The van der Waals surface area contributed by atoms with E-state index < -0.39 is 0 Å². The SMILES string of the molecule is CN1CC(C(=O)N(C)C2COC2)C=C2c3cccc4[nH]cc(c34)CC21. The van der Waals surface area contributed by atoms with E-state index >= 15 is 0 Å². The van der Waals surface area contributed by atoms with Crippen molar-refractivity contribution in [1.82, 2.24) is 14.8 Å². The van der Waals surface area contributed by atoms with Gasteiger partial charge in [-0.05, 0) is 36.2 Å². The van der Waals surface area contributed by atoms with Crippen molar-refractivity contribution < 1.29 is 9.53 Å². The number of rotatable bonds is 2. The van der Waals surface area contributed by atoms with Crippen LogP contribution in [0.4, 0.5) is 0 Å². The number of benzene rings is 1. The van der Waals surface area contributed by atoms with Gasteiger partial charge < -0.3 is 14.6 Å². The molecular formula is C20H23N3O2. The molecule has 2 unspecified atom stereocenters. The molecular weight excluding hydrogens is 314 g/mol. The Morgan fingerprint density at radius 1 is 1.36 bits per heavy atom. The van der Waals surface area contributed by atoms with Gasteiger partial charge in [0.25, 0.3) is 0 Å². The standard InChI is InChI=1S/C20H23N3O2/c1-22-9-13(20(24)23(2)14-10-25-11-14)6-16-15-4-3-5-17-19(15)12(8-21-17)7-18(16)22/h3-6,8,13-14,18,21H,7,9-11H2,1-2H3. The second kappa shape index (κ2) is 5.44. The van der Waals surface area contributed by atoms with Crippen LogP contribution < -0.4 is 0 Å². The molecule has 130 valence electrons. The van der Waals surface area contributed by atoms with E-state index in [1.165, 1.54) is 27.6 Å². The second-order valence-corrected chi connectivity index (χ2v) is 7.57. The third kappa shape index (κ3) is 2.19. The highest BCUT2D eigenvalue weighted by Crippen LogP contribution is 2.41. The number of amides is 1. The van der Waals surface area contributed by atoms with Gasteiger partial charge in [-0.15, -0.1) is 0 Å². The lowest BCUT2D eigenvalue weighted by atomic mass is 9.79. The molecule has 5 heteroatoms. The van der Waals surface area contributed by atoms with Crippen LogP contribution in [0.5, 0.6) is 0 Å². The molecule has 2 aliphatic heterocycles. The fourth-order valence-electron chi connectivity index (χ4n) is 4.49. The molecule has 0 saturated carbocycles. The van der Waals surface area contributed by atoms with Crippen LogP contribution in [0.25, 0.3) is 16.5 Å². The number of nitrogens with zero attached hydrogens (tertiary/aromatic N) is 2. The number of carbonyl (C=O) groups excluding carboxylic acids is 1. The maximum Gasteiger partial charge on any atom is 0.230 e. The molecule has 5 nitrogen and oxygen atoms in total. The van der Waals surface area contributed by atoms with Gasteiger partial charge >= 0.3 is 0 Å². The summed E-state index contributed by atoms with van der Waals surface area (Å²) in [6.07, 6.45) is 5.38. The Kier molecular flexibility index (Phi) is 3.30. The number of likely N-dealkylation sites (N-methyl/N-ethyl adjacent to an activating group) is 2. The number of nitrogens with one attached hydrogen (secondary N) is 1. The third-order valence-electron chi connectivity index (χ3n) is 6.10. The van der Waals surface area contributed by atoms with Crippen molar-refractivity contribution in [2.24, 2.45) is 5.92 Å². The van der Waals surface area contributed by atoms with Gasteiger partial charge in [0, 0.05) is 36.7 Å². The number of aromatic amines is 1. The minimum Gasteiger partial charge on any atom is -0.377 e. The van der Waals surface area contributed by atoms with E-state index in [0.29, 0.717) is 19.3 Å². The lowest BCUT2D eigenvalue weighted by molar-refractivity contribution is -0.145. The van der Waals surface area contributed by atoms with Crippen molar-refractivity contribution in [3.8, 4) is 0 Å². The predicted molar refractivity (Wildman–Crippen MR) is 97.3 cm³/mol. The first-order chi connectivity index (χ1) is 12.1. The molecule has 1 aromatic carbocycles. The maximum atomic E-state index is 13.0. The van der Waals surface area contributed by atoms with Crippen LogP contribution in [-0.2, 0) is 16.0 Å². The van der Waals surface area contributed by atoms with E-state index in [1.54, 1.807) is 0 Å². The first-order valence-corrected chi connectivity index (χ1v) is 8.99. The first-order valence-electron chi connectivity index (χ1n) is 8.99. The smallest absolute Gasteiger partial charge is 0.230 e. The molecule has 1 aromatic heterocycles. The number of ether oxygens (including phenoxy) is 1. The number of carbonyl (C=O) groups is 1. The molecule has 1 amide bonds. The number of hydrogen-bond donors (Lipinski definition) is 1. The van der Waals surface area contributed by atoms with Crippen molar-refractivity contribution >= 4 is 22.4 Å². The van der Waals surface area contributed by atoms with Crippen molar-refractivity contribution in [2.45, 2.75) is 18.5 Å². The van der Waals surface area contributed by atoms with Crippen molar-refractivity contribution in [1.29, 1.82) is 0 Å². The lowest BCUT2D eigenvalue weighted by Gasteiger charge is -2.42. The van der Waals surface area contributed by atoms with E-state index in [-0.39, 0.29) is 17.9 Å². The molecule has 0 radical (unpaired) electrons. The minimum atomic E-state index is -0.0856. The summed E-state index contributed by atoms with van der Waals surface area (Å²) in [4.78, 5) is 20.6. The van der Waals surface area contributed by atoms with Crippen LogP contribution in [0.2, 0.25) is 0 Å². The fourth-order valence-corrected chi connectivity index (χ4v) is 4.49. The third-order valence-corrected chi connectivity index (χ3v) is 6.10. The molecule has 1 N–H and O–H groups in total. The monoisotopic (exact) mass is 337 g/mol. The van der Waals surface area contributed by atoms with E-state index in [4.69, 9.17) is 4.74 Å². The second-order valence-electron chi connectivity index (χ2n) is 7.57. The molecule has 1 saturated heterocycles. The number of fused-ring (bicyclic) bond motifs is 2. The summed E-state index contributed by atoms with van der Waals surface area (Å²) in [6, 6.07) is 7.02. The number of aromatic nitrogens is 1. The largest absolute Gasteiger partial charge is 0.377 e. The Bertz CT molecular complexity index is 880. The van der Waals surface area contributed by atoms with Gasteiger partial charge in [0.2, 0.25) is 5.91 Å². The van der Waals surface area contributed by atoms with Crippen LogP contribution in [0.1, 0.15) is 11.1 Å². The van der Waals surface area contributed by atoms with E-state index in [9.17, 15) is 4.79 Å². The average molecular weight is 337 g/mol. The average Bonchev–Trinajstić information content (AvgIpc) is 2.98. The normalized spacial score (nSPS) is 26.1. The zero-order chi connectivity index (χ0) is 17.1. The summed E-state index contributed by atoms with van der Waals surface area (Å²) in [5.41, 5.74) is 5.16. The molecule has 0 bridgehead atoms. The Morgan fingerprint density at radius 2 is 2.20 bits per heavy atom. The van der Waals surface area contributed by atoms with Crippen LogP contribution in [0.15, 0.2) is 30.5 Å². The summed E-state index contributed by atoms with van der Waals surface area (Å²) >= 11 is 0. The molecule has 2 aromatic rings. The molecule has 3 heterocycles. The zero-order valence-electron chi connectivity index (χ0n) is 14.7. The van der Waals surface area contributed by atoms with E-state index in [2.05, 4.69) is 47.4 Å². The summed E-state index contributed by atoms with van der Waals surface area (Å²) in [5.74, 6) is 0.121. The van der Waals surface area contributed by atoms with Crippen LogP contribution in [0.3, 0.4) is 0 Å². The predicted octanol–water partition coefficient (Wildman–Crippen LogP) is 1.89. The lowest BCUT2D eigenvalue weighted by Crippen LogP contribution is -2.53. The van der Waals surface area contributed by atoms with Crippen LogP contribution >= 0.6 is 0 Å². The summed E-state index contributed by atoms with van der Waals surface area (Å²) in [5, 5.41) is 1.33. The van der Waals surface area contributed by atoms with Crippen molar-refractivity contribution in [3.05, 3.63) is 41.6 Å². The van der Waals surface area contributed by atoms with Gasteiger partial charge in [-0.3, -0.25) is 9.69 Å². The highest BCUT2D eigenvalue weighted by molar-refractivity contribution is 5.99. The van der Waals surface area contributed by atoms with Crippen LogP contribution in [-0.4, -0.2) is 66.6 Å². The molecule has 1 fully saturated rings. The van der Waals surface area contributed by atoms with E-state index in [1.807, 2.05) is 11.9 Å². The Balaban J connectivity index is 1.55. The van der Waals surface area contributed by atoms with Crippen molar-refractivity contribution in [3.63, 3.8) is 0 Å². The molecule has 3 aliphatic rings. The van der Waals surface area contributed by atoms with E-state index in [0.717, 1.165) is 13.0 Å². The molecule has 1 aliphatic carbocycles. The van der Waals surface area contributed by atoms with Gasteiger partial charge in [0.15, 0.2) is 0 Å².